The number of hydrogen-bond donors (Lipinski definition) is 1. The number of hydrogen-bond acceptors (Lipinski definition) is 2. The van der Waals surface area contributed by atoms with Crippen LogP contribution in [-0.4, -0.2) is 11.0 Å². The molecule has 1 aliphatic carbocycles. The van der Waals surface area contributed by atoms with Crippen LogP contribution < -0.4 is 5.32 Å². The monoisotopic (exact) mass is 222 g/mol. The molecular weight excluding hydrogens is 203 g/mol. The lowest BCUT2D eigenvalue weighted by Gasteiger charge is -2.16. The van der Waals surface area contributed by atoms with Crippen LogP contribution in [0.3, 0.4) is 0 Å². The Bertz CT molecular complexity index is 336. The van der Waals surface area contributed by atoms with Crippen molar-refractivity contribution >= 4 is 0 Å². The Morgan fingerprint density at radius 3 is 2.94 bits per heavy atom. The molecule has 0 bridgehead atoms. The molecule has 0 amide bonds. The number of nitrogens with zero attached hydrogens (tertiary/aromatic N) is 1. The van der Waals surface area contributed by atoms with E-state index in [-0.39, 0.29) is 5.82 Å². The van der Waals surface area contributed by atoms with E-state index in [1.165, 1.54) is 25.5 Å². The highest BCUT2D eigenvalue weighted by molar-refractivity contribution is 5.09. The van der Waals surface area contributed by atoms with Gasteiger partial charge in [-0.15, -0.1) is 0 Å². The van der Waals surface area contributed by atoms with Crippen LogP contribution in [0.15, 0.2) is 18.5 Å². The van der Waals surface area contributed by atoms with Crippen LogP contribution >= 0.6 is 0 Å². The molecule has 1 N–H and O–H groups in total. The molecule has 1 unspecified atom stereocenters. The SMILES string of the molecule is CCC(CC1CC1)NCc1cncc(F)c1. The van der Waals surface area contributed by atoms with E-state index in [0.717, 1.165) is 24.4 Å². The van der Waals surface area contributed by atoms with E-state index in [1.54, 1.807) is 12.3 Å². The molecule has 16 heavy (non-hydrogen) atoms. The maximum absolute atomic E-state index is 12.9. The second kappa shape index (κ2) is 5.39. The zero-order valence-electron chi connectivity index (χ0n) is 9.75. The Hall–Kier alpha value is -0.960. The molecule has 0 spiro atoms. The first kappa shape index (κ1) is 11.5. The van der Waals surface area contributed by atoms with Crippen molar-refractivity contribution in [3.05, 3.63) is 29.8 Å². The smallest absolute Gasteiger partial charge is 0.141 e. The molecule has 1 aromatic rings. The van der Waals surface area contributed by atoms with Crippen LogP contribution in [0.2, 0.25) is 0 Å². The predicted molar refractivity (Wildman–Crippen MR) is 62.5 cm³/mol. The van der Waals surface area contributed by atoms with Crippen molar-refractivity contribution in [2.45, 2.75) is 45.2 Å². The van der Waals surface area contributed by atoms with Crippen LogP contribution in [0.25, 0.3) is 0 Å². The van der Waals surface area contributed by atoms with Crippen LogP contribution in [0.1, 0.15) is 38.2 Å². The van der Waals surface area contributed by atoms with Gasteiger partial charge in [-0.05, 0) is 30.4 Å². The highest BCUT2D eigenvalue weighted by Gasteiger charge is 2.24. The van der Waals surface area contributed by atoms with E-state index in [0.29, 0.717) is 6.04 Å². The minimum atomic E-state index is -0.255. The van der Waals surface area contributed by atoms with Gasteiger partial charge in [0.1, 0.15) is 5.82 Å². The zero-order valence-corrected chi connectivity index (χ0v) is 9.75. The molecule has 1 heterocycles. The fourth-order valence-electron chi connectivity index (χ4n) is 1.96. The van der Waals surface area contributed by atoms with Crippen molar-refractivity contribution in [2.24, 2.45) is 5.92 Å². The summed E-state index contributed by atoms with van der Waals surface area (Å²) in [6, 6.07) is 2.11. The van der Waals surface area contributed by atoms with Gasteiger partial charge in [-0.25, -0.2) is 4.39 Å². The Balaban J connectivity index is 1.80. The standard InChI is InChI=1S/C13H19FN2/c1-2-13(6-10-3-4-10)16-8-11-5-12(14)9-15-7-11/h5,7,9-10,13,16H,2-4,6,8H2,1H3. The minimum Gasteiger partial charge on any atom is -0.310 e. The lowest BCUT2D eigenvalue weighted by Crippen LogP contribution is -2.28. The summed E-state index contributed by atoms with van der Waals surface area (Å²) in [4.78, 5) is 3.85. The number of rotatable bonds is 6. The van der Waals surface area contributed by atoms with E-state index in [1.807, 2.05) is 0 Å². The second-order valence-electron chi connectivity index (χ2n) is 4.68. The fraction of sp³-hybridized carbons (Fsp3) is 0.615. The maximum atomic E-state index is 12.9. The van der Waals surface area contributed by atoms with Crippen LogP contribution in [0, 0.1) is 11.7 Å². The summed E-state index contributed by atoms with van der Waals surface area (Å²) in [7, 11) is 0. The van der Waals surface area contributed by atoms with Gasteiger partial charge in [0.15, 0.2) is 0 Å². The van der Waals surface area contributed by atoms with Gasteiger partial charge in [0.25, 0.3) is 0 Å². The van der Waals surface area contributed by atoms with Crippen LogP contribution in [-0.2, 0) is 6.54 Å². The topological polar surface area (TPSA) is 24.9 Å². The lowest BCUT2D eigenvalue weighted by atomic mass is 10.1. The summed E-state index contributed by atoms with van der Waals surface area (Å²) in [5.41, 5.74) is 0.925. The van der Waals surface area contributed by atoms with Gasteiger partial charge < -0.3 is 5.32 Å². The van der Waals surface area contributed by atoms with Gasteiger partial charge in [-0.1, -0.05) is 19.8 Å². The van der Waals surface area contributed by atoms with Crippen molar-refractivity contribution in [3.8, 4) is 0 Å². The molecule has 1 fully saturated rings. The molecule has 1 aromatic heterocycles. The van der Waals surface area contributed by atoms with Crippen molar-refractivity contribution in [3.63, 3.8) is 0 Å². The summed E-state index contributed by atoms with van der Waals surface area (Å²) in [5, 5.41) is 3.48. The second-order valence-corrected chi connectivity index (χ2v) is 4.68. The molecular formula is C13H19FN2. The predicted octanol–water partition coefficient (Wildman–Crippen LogP) is 2.89. The fourth-order valence-corrected chi connectivity index (χ4v) is 1.96. The Kier molecular flexibility index (Phi) is 3.88. The Morgan fingerprint density at radius 1 is 1.50 bits per heavy atom. The summed E-state index contributed by atoms with van der Waals surface area (Å²) in [5.74, 6) is 0.678. The summed E-state index contributed by atoms with van der Waals surface area (Å²) in [6.07, 6.45) is 8.14. The highest BCUT2D eigenvalue weighted by atomic mass is 19.1. The Morgan fingerprint density at radius 2 is 2.31 bits per heavy atom. The molecule has 1 atom stereocenters. The molecule has 3 heteroatoms. The Labute approximate surface area is 96.3 Å². The van der Waals surface area contributed by atoms with Gasteiger partial charge in [-0.3, -0.25) is 4.98 Å². The van der Waals surface area contributed by atoms with Crippen molar-refractivity contribution < 1.29 is 4.39 Å². The number of pyridine rings is 1. The van der Waals surface area contributed by atoms with Crippen molar-refractivity contribution in [2.75, 3.05) is 0 Å². The van der Waals surface area contributed by atoms with Gasteiger partial charge in [0.2, 0.25) is 0 Å². The molecule has 88 valence electrons. The number of halogens is 1. The van der Waals surface area contributed by atoms with Gasteiger partial charge in [0.05, 0.1) is 6.20 Å². The molecule has 0 aromatic carbocycles. The minimum absolute atomic E-state index is 0.255. The average Bonchev–Trinajstić information content (AvgIpc) is 3.08. The highest BCUT2D eigenvalue weighted by Crippen LogP contribution is 2.34. The molecule has 1 aliphatic rings. The summed E-state index contributed by atoms with van der Waals surface area (Å²) >= 11 is 0. The third kappa shape index (κ3) is 3.56. The van der Waals surface area contributed by atoms with E-state index in [9.17, 15) is 4.39 Å². The first-order valence-corrected chi connectivity index (χ1v) is 6.10. The van der Waals surface area contributed by atoms with Crippen LogP contribution in [0.5, 0.6) is 0 Å². The van der Waals surface area contributed by atoms with Crippen molar-refractivity contribution in [1.29, 1.82) is 0 Å². The van der Waals surface area contributed by atoms with E-state index in [4.69, 9.17) is 0 Å². The van der Waals surface area contributed by atoms with Crippen LogP contribution in [0.4, 0.5) is 4.39 Å². The van der Waals surface area contributed by atoms with Gasteiger partial charge in [0, 0.05) is 18.8 Å². The first-order chi connectivity index (χ1) is 7.78. The maximum Gasteiger partial charge on any atom is 0.141 e. The third-order valence-corrected chi connectivity index (χ3v) is 3.16. The molecule has 0 saturated heterocycles. The first-order valence-electron chi connectivity index (χ1n) is 6.10. The van der Waals surface area contributed by atoms with E-state index >= 15 is 0 Å². The summed E-state index contributed by atoms with van der Waals surface area (Å²) in [6.45, 7) is 2.92. The largest absolute Gasteiger partial charge is 0.310 e. The lowest BCUT2D eigenvalue weighted by molar-refractivity contribution is 0.444. The number of aromatic nitrogens is 1. The van der Waals surface area contributed by atoms with E-state index < -0.39 is 0 Å². The quantitative estimate of drug-likeness (QED) is 0.800. The molecule has 2 nitrogen and oxygen atoms in total. The molecule has 1 saturated carbocycles. The summed E-state index contributed by atoms with van der Waals surface area (Å²) < 4.78 is 12.9. The molecule has 0 radical (unpaired) electrons. The van der Waals surface area contributed by atoms with Crippen molar-refractivity contribution in [1.82, 2.24) is 10.3 Å². The van der Waals surface area contributed by atoms with E-state index in [2.05, 4.69) is 17.2 Å². The average molecular weight is 222 g/mol. The number of nitrogens with one attached hydrogen (secondary N) is 1. The molecule has 0 aliphatic heterocycles. The molecule has 2 rings (SSSR count). The normalized spacial score (nSPS) is 17.4. The van der Waals surface area contributed by atoms with Gasteiger partial charge in [-0.2, -0.15) is 0 Å². The van der Waals surface area contributed by atoms with Gasteiger partial charge >= 0.3 is 0 Å². The third-order valence-electron chi connectivity index (χ3n) is 3.16. The zero-order chi connectivity index (χ0) is 11.4.